The van der Waals surface area contributed by atoms with Crippen molar-refractivity contribution in [2.75, 3.05) is 6.54 Å². The largest absolute Gasteiger partial charge is 0.481 e. The summed E-state index contributed by atoms with van der Waals surface area (Å²) < 4.78 is 0. The minimum Gasteiger partial charge on any atom is -0.481 e. The molecule has 0 rings (SSSR count). The first-order valence-corrected chi connectivity index (χ1v) is 4.50. The van der Waals surface area contributed by atoms with Crippen LogP contribution >= 0.6 is 0 Å². The van der Waals surface area contributed by atoms with Crippen LogP contribution in [-0.4, -0.2) is 17.6 Å². The van der Waals surface area contributed by atoms with Gasteiger partial charge in [-0.25, -0.2) is 0 Å². The van der Waals surface area contributed by atoms with Gasteiger partial charge in [-0.1, -0.05) is 13.8 Å². The Morgan fingerprint density at radius 2 is 2.08 bits per heavy atom. The topological polar surface area (TPSA) is 63.3 Å². The van der Waals surface area contributed by atoms with Gasteiger partial charge in [0.2, 0.25) is 0 Å². The predicted molar refractivity (Wildman–Crippen MR) is 48.9 cm³/mol. The van der Waals surface area contributed by atoms with Crippen molar-refractivity contribution in [3.8, 4) is 0 Å². The van der Waals surface area contributed by atoms with Gasteiger partial charge < -0.3 is 10.8 Å². The van der Waals surface area contributed by atoms with E-state index in [1.165, 1.54) is 0 Å². The standard InChI is InChI=1S/C9H19NO2/c1-7(4-3-5-10)6-8(2)9(11)12/h7-8H,3-6,10H2,1-2H3,(H,11,12)/t7?,8-/m0/s1. The molecule has 0 aliphatic rings. The van der Waals surface area contributed by atoms with Gasteiger partial charge in [-0.15, -0.1) is 0 Å². The maximum absolute atomic E-state index is 10.5. The highest BCUT2D eigenvalue weighted by Crippen LogP contribution is 2.16. The van der Waals surface area contributed by atoms with Gasteiger partial charge in [-0.05, 0) is 31.7 Å². The summed E-state index contributed by atoms with van der Waals surface area (Å²) in [5, 5.41) is 8.63. The molecule has 3 heteroatoms. The molecule has 0 heterocycles. The molecule has 0 aromatic rings. The average molecular weight is 173 g/mol. The number of rotatable bonds is 6. The van der Waals surface area contributed by atoms with E-state index in [0.29, 0.717) is 12.5 Å². The Morgan fingerprint density at radius 3 is 2.50 bits per heavy atom. The normalized spacial score (nSPS) is 15.6. The number of nitrogens with two attached hydrogens (primary N) is 1. The molecule has 0 saturated heterocycles. The van der Waals surface area contributed by atoms with Crippen LogP contribution in [0.15, 0.2) is 0 Å². The Labute approximate surface area is 74.0 Å². The van der Waals surface area contributed by atoms with Crippen molar-refractivity contribution in [1.29, 1.82) is 0 Å². The Balaban J connectivity index is 3.53. The fraction of sp³-hybridized carbons (Fsp3) is 0.889. The Kier molecular flexibility index (Phi) is 5.72. The lowest BCUT2D eigenvalue weighted by molar-refractivity contribution is -0.141. The molecule has 2 atom stereocenters. The quantitative estimate of drug-likeness (QED) is 0.639. The molecule has 0 aromatic heterocycles. The highest BCUT2D eigenvalue weighted by molar-refractivity contribution is 5.69. The van der Waals surface area contributed by atoms with E-state index in [9.17, 15) is 4.79 Å². The molecule has 0 bridgehead atoms. The lowest BCUT2D eigenvalue weighted by Crippen LogP contribution is -2.14. The van der Waals surface area contributed by atoms with Crippen LogP contribution in [0, 0.1) is 11.8 Å². The summed E-state index contributed by atoms with van der Waals surface area (Å²) in [6.07, 6.45) is 2.79. The molecule has 3 nitrogen and oxygen atoms in total. The molecule has 1 unspecified atom stereocenters. The van der Waals surface area contributed by atoms with Gasteiger partial charge in [-0.2, -0.15) is 0 Å². The van der Waals surface area contributed by atoms with Crippen molar-refractivity contribution < 1.29 is 9.90 Å². The molecule has 0 spiro atoms. The predicted octanol–water partition coefficient (Wildman–Crippen LogP) is 1.47. The van der Waals surface area contributed by atoms with Crippen LogP contribution in [0.1, 0.15) is 33.1 Å². The molecule has 0 saturated carbocycles. The van der Waals surface area contributed by atoms with Gasteiger partial charge >= 0.3 is 5.97 Å². The maximum atomic E-state index is 10.5. The van der Waals surface area contributed by atoms with E-state index in [1.807, 2.05) is 0 Å². The first kappa shape index (κ1) is 11.4. The van der Waals surface area contributed by atoms with Crippen LogP contribution in [0.3, 0.4) is 0 Å². The Hall–Kier alpha value is -0.570. The third kappa shape index (κ3) is 5.13. The molecule has 0 amide bonds. The Bertz CT molecular complexity index is 136. The highest BCUT2D eigenvalue weighted by atomic mass is 16.4. The van der Waals surface area contributed by atoms with E-state index in [1.54, 1.807) is 6.92 Å². The SMILES string of the molecule is CC(CCCN)C[C@H](C)C(=O)O. The minimum absolute atomic E-state index is 0.224. The summed E-state index contributed by atoms with van der Waals surface area (Å²) in [4.78, 5) is 10.5. The molecule has 3 N–H and O–H groups in total. The lowest BCUT2D eigenvalue weighted by Gasteiger charge is -2.13. The molecule has 0 aliphatic heterocycles. The molecule has 0 radical (unpaired) electrons. The first-order valence-electron chi connectivity index (χ1n) is 4.50. The minimum atomic E-state index is -0.699. The number of carboxylic acids is 1. The molecular weight excluding hydrogens is 154 g/mol. The molecule has 0 aromatic carbocycles. The number of carboxylic acid groups (broad SMARTS) is 1. The van der Waals surface area contributed by atoms with Gasteiger partial charge in [0, 0.05) is 0 Å². The smallest absolute Gasteiger partial charge is 0.306 e. The van der Waals surface area contributed by atoms with E-state index in [0.717, 1.165) is 19.3 Å². The van der Waals surface area contributed by atoms with E-state index >= 15 is 0 Å². The third-order valence-corrected chi connectivity index (χ3v) is 2.08. The van der Waals surface area contributed by atoms with Gasteiger partial charge in [-0.3, -0.25) is 4.79 Å². The van der Waals surface area contributed by atoms with E-state index in [2.05, 4.69) is 6.92 Å². The third-order valence-electron chi connectivity index (χ3n) is 2.08. The van der Waals surface area contributed by atoms with E-state index in [4.69, 9.17) is 10.8 Å². The van der Waals surface area contributed by atoms with Crippen molar-refractivity contribution in [2.24, 2.45) is 17.6 Å². The van der Waals surface area contributed by atoms with Crippen molar-refractivity contribution in [2.45, 2.75) is 33.1 Å². The molecule has 0 fully saturated rings. The number of hydrogen-bond acceptors (Lipinski definition) is 2. The zero-order valence-electron chi connectivity index (χ0n) is 7.92. The second-order valence-corrected chi connectivity index (χ2v) is 3.51. The summed E-state index contributed by atoms with van der Waals surface area (Å²) in [5.41, 5.74) is 5.35. The Morgan fingerprint density at radius 1 is 1.50 bits per heavy atom. The summed E-state index contributed by atoms with van der Waals surface area (Å²) >= 11 is 0. The van der Waals surface area contributed by atoms with Gasteiger partial charge in [0.05, 0.1) is 5.92 Å². The van der Waals surface area contributed by atoms with Crippen molar-refractivity contribution in [3.63, 3.8) is 0 Å². The number of hydrogen-bond donors (Lipinski definition) is 2. The fourth-order valence-corrected chi connectivity index (χ4v) is 1.29. The molecular formula is C9H19NO2. The molecule has 0 aliphatic carbocycles. The van der Waals surface area contributed by atoms with Gasteiger partial charge in [0.15, 0.2) is 0 Å². The second-order valence-electron chi connectivity index (χ2n) is 3.51. The van der Waals surface area contributed by atoms with Crippen molar-refractivity contribution in [1.82, 2.24) is 0 Å². The number of carbonyl (C=O) groups is 1. The van der Waals surface area contributed by atoms with Crippen LogP contribution in [0.4, 0.5) is 0 Å². The van der Waals surface area contributed by atoms with Crippen LogP contribution in [0.2, 0.25) is 0 Å². The summed E-state index contributed by atoms with van der Waals surface area (Å²) in [6, 6.07) is 0. The van der Waals surface area contributed by atoms with Crippen molar-refractivity contribution >= 4 is 5.97 Å². The van der Waals surface area contributed by atoms with Crippen LogP contribution in [-0.2, 0) is 4.79 Å². The summed E-state index contributed by atoms with van der Waals surface area (Å²) in [6.45, 7) is 4.53. The lowest BCUT2D eigenvalue weighted by atomic mass is 9.94. The summed E-state index contributed by atoms with van der Waals surface area (Å²) in [7, 11) is 0. The monoisotopic (exact) mass is 173 g/mol. The van der Waals surface area contributed by atoms with Crippen LogP contribution < -0.4 is 5.73 Å². The maximum Gasteiger partial charge on any atom is 0.306 e. The van der Waals surface area contributed by atoms with Crippen LogP contribution in [0.25, 0.3) is 0 Å². The second kappa shape index (κ2) is 6.00. The molecule has 72 valence electrons. The van der Waals surface area contributed by atoms with Gasteiger partial charge in [0.1, 0.15) is 0 Å². The van der Waals surface area contributed by atoms with E-state index in [-0.39, 0.29) is 5.92 Å². The zero-order chi connectivity index (χ0) is 9.56. The van der Waals surface area contributed by atoms with Gasteiger partial charge in [0.25, 0.3) is 0 Å². The van der Waals surface area contributed by atoms with Crippen LogP contribution in [0.5, 0.6) is 0 Å². The first-order chi connectivity index (χ1) is 5.57. The molecule has 12 heavy (non-hydrogen) atoms. The average Bonchev–Trinajstić information content (AvgIpc) is 2.00. The highest BCUT2D eigenvalue weighted by Gasteiger charge is 2.14. The number of aliphatic carboxylic acids is 1. The fourth-order valence-electron chi connectivity index (χ4n) is 1.29. The summed E-state index contributed by atoms with van der Waals surface area (Å²) in [5.74, 6) is -0.452. The zero-order valence-corrected chi connectivity index (χ0v) is 7.92. The van der Waals surface area contributed by atoms with Crippen molar-refractivity contribution in [3.05, 3.63) is 0 Å². The van der Waals surface area contributed by atoms with E-state index < -0.39 is 5.97 Å².